The second-order valence-corrected chi connectivity index (χ2v) is 6.34. The minimum atomic E-state index is -1.04. The zero-order valence-electron chi connectivity index (χ0n) is 12.1. The minimum Gasteiger partial charge on any atom is -0.386 e. The molecule has 0 atom stereocenters. The van der Waals surface area contributed by atoms with Crippen LogP contribution in [0.2, 0.25) is 10.4 Å². The fourth-order valence-electron chi connectivity index (χ4n) is 2.67. The van der Waals surface area contributed by atoms with Gasteiger partial charge in [-0.3, -0.25) is 0 Å². The van der Waals surface area contributed by atoms with Gasteiger partial charge >= 0.3 is 0 Å². The summed E-state index contributed by atoms with van der Waals surface area (Å²) in [5.41, 5.74) is 1.13. The van der Waals surface area contributed by atoms with E-state index in [9.17, 15) is 5.11 Å². The number of aromatic nitrogens is 2. The van der Waals surface area contributed by atoms with Gasteiger partial charge in [0.1, 0.15) is 5.15 Å². The van der Waals surface area contributed by atoms with Gasteiger partial charge in [0.15, 0.2) is 0 Å². The molecule has 0 aliphatic heterocycles. The van der Waals surface area contributed by atoms with Crippen LogP contribution in [0.4, 0.5) is 0 Å². The smallest absolute Gasteiger partial charge is 0.224 e. The Morgan fingerprint density at radius 1 is 1.00 bits per heavy atom. The lowest BCUT2D eigenvalue weighted by atomic mass is 9.87. The average Bonchev–Trinajstić information content (AvgIpc) is 2.44. The van der Waals surface area contributed by atoms with Crippen molar-refractivity contribution in [2.45, 2.75) is 19.4 Å². The van der Waals surface area contributed by atoms with Crippen LogP contribution in [0.25, 0.3) is 22.0 Å². The lowest BCUT2D eigenvalue weighted by Crippen LogP contribution is -2.17. The summed E-state index contributed by atoms with van der Waals surface area (Å²) in [5, 5.41) is 13.0. The molecule has 0 spiro atoms. The van der Waals surface area contributed by atoms with Crippen molar-refractivity contribution < 1.29 is 5.11 Å². The van der Waals surface area contributed by atoms with Crippen molar-refractivity contribution in [2.24, 2.45) is 0 Å². The van der Waals surface area contributed by atoms with Gasteiger partial charge in [-0.25, -0.2) is 9.97 Å². The first-order valence-corrected chi connectivity index (χ1v) is 7.57. The summed E-state index contributed by atoms with van der Waals surface area (Å²) in [5.74, 6) is 0. The number of rotatable bonds is 2. The second-order valence-electron chi connectivity index (χ2n) is 5.61. The lowest BCUT2D eigenvalue weighted by molar-refractivity contribution is 0.0807. The quantitative estimate of drug-likeness (QED) is 0.540. The highest BCUT2D eigenvalue weighted by Gasteiger charge is 2.24. The predicted molar refractivity (Wildman–Crippen MR) is 90.2 cm³/mol. The molecule has 0 radical (unpaired) electrons. The summed E-state index contributed by atoms with van der Waals surface area (Å²) >= 11 is 11.9. The summed E-state index contributed by atoms with van der Waals surface area (Å²) in [6.45, 7) is 3.51. The van der Waals surface area contributed by atoms with Crippen molar-refractivity contribution in [3.63, 3.8) is 0 Å². The van der Waals surface area contributed by atoms with E-state index in [1.807, 2.05) is 36.4 Å². The van der Waals surface area contributed by atoms with Gasteiger partial charge in [0.05, 0.1) is 11.3 Å². The van der Waals surface area contributed by atoms with Crippen LogP contribution in [0.5, 0.6) is 0 Å². The maximum Gasteiger partial charge on any atom is 0.224 e. The van der Waals surface area contributed by atoms with Crippen LogP contribution in [-0.4, -0.2) is 15.1 Å². The lowest BCUT2D eigenvalue weighted by Gasteiger charge is -2.24. The Kier molecular flexibility index (Phi) is 3.81. The van der Waals surface area contributed by atoms with Crippen molar-refractivity contribution in [3.8, 4) is 11.3 Å². The van der Waals surface area contributed by atoms with Gasteiger partial charge in [-0.2, -0.15) is 0 Å². The molecule has 3 aromatic rings. The molecular formula is C17H14Cl2N2O. The molecule has 3 nitrogen and oxygen atoms in total. The van der Waals surface area contributed by atoms with E-state index in [4.69, 9.17) is 23.2 Å². The van der Waals surface area contributed by atoms with Gasteiger partial charge < -0.3 is 5.11 Å². The number of halogens is 2. The Hall–Kier alpha value is -1.68. The highest BCUT2D eigenvalue weighted by molar-refractivity contribution is 6.32. The predicted octanol–water partition coefficient (Wildman–Crippen LogP) is 4.83. The Labute approximate surface area is 138 Å². The molecule has 1 N–H and O–H groups in total. The summed E-state index contributed by atoms with van der Waals surface area (Å²) in [6, 6.07) is 13.5. The zero-order valence-corrected chi connectivity index (χ0v) is 13.7. The molecule has 0 amide bonds. The monoisotopic (exact) mass is 332 g/mol. The molecule has 5 heteroatoms. The van der Waals surface area contributed by atoms with E-state index >= 15 is 0 Å². The third kappa shape index (κ3) is 2.80. The van der Waals surface area contributed by atoms with Crippen LogP contribution in [0.3, 0.4) is 0 Å². The molecule has 0 fully saturated rings. The molecule has 0 bridgehead atoms. The fourth-order valence-corrected chi connectivity index (χ4v) is 3.08. The zero-order chi connectivity index (χ0) is 15.9. The number of fused-ring (bicyclic) bond motifs is 1. The van der Waals surface area contributed by atoms with Gasteiger partial charge in [-0.15, -0.1) is 0 Å². The summed E-state index contributed by atoms with van der Waals surface area (Å²) in [4.78, 5) is 8.12. The van der Waals surface area contributed by atoms with Crippen molar-refractivity contribution in [3.05, 3.63) is 58.5 Å². The largest absolute Gasteiger partial charge is 0.386 e. The number of nitrogens with zero attached hydrogens (tertiary/aromatic N) is 2. The number of aliphatic hydroxyl groups is 1. The van der Waals surface area contributed by atoms with Crippen LogP contribution in [-0.2, 0) is 5.60 Å². The molecule has 112 valence electrons. The van der Waals surface area contributed by atoms with E-state index in [1.165, 1.54) is 0 Å². The van der Waals surface area contributed by atoms with E-state index in [0.29, 0.717) is 5.69 Å². The second kappa shape index (κ2) is 5.51. The Bertz CT molecular complexity index is 837. The van der Waals surface area contributed by atoms with Gasteiger partial charge in [0.25, 0.3) is 0 Å². The van der Waals surface area contributed by atoms with Crippen LogP contribution < -0.4 is 0 Å². The number of hydrogen-bond acceptors (Lipinski definition) is 3. The van der Waals surface area contributed by atoms with Crippen LogP contribution in [0.15, 0.2) is 42.5 Å². The van der Waals surface area contributed by atoms with E-state index in [0.717, 1.165) is 21.9 Å². The first-order chi connectivity index (χ1) is 10.4. The molecule has 0 aliphatic rings. The van der Waals surface area contributed by atoms with E-state index in [2.05, 4.69) is 9.97 Å². The van der Waals surface area contributed by atoms with Gasteiger partial charge in [-0.1, -0.05) is 48.0 Å². The number of hydrogen-bond donors (Lipinski definition) is 1. The van der Waals surface area contributed by atoms with E-state index in [1.54, 1.807) is 19.9 Å². The number of benzene rings is 2. The SMILES string of the molecule is CC(C)(O)c1c(-c2cc(Cl)nc(Cl)n2)ccc2ccccc12. The first-order valence-electron chi connectivity index (χ1n) is 6.81. The van der Waals surface area contributed by atoms with Gasteiger partial charge in [0.2, 0.25) is 5.28 Å². The molecule has 2 aromatic carbocycles. The minimum absolute atomic E-state index is 0.0809. The van der Waals surface area contributed by atoms with Crippen molar-refractivity contribution in [1.29, 1.82) is 0 Å². The normalized spacial score (nSPS) is 11.9. The molecule has 0 unspecified atom stereocenters. The van der Waals surface area contributed by atoms with Crippen LogP contribution >= 0.6 is 23.2 Å². The fraction of sp³-hybridized carbons (Fsp3) is 0.176. The molecule has 0 saturated heterocycles. The van der Waals surface area contributed by atoms with Gasteiger partial charge in [0, 0.05) is 17.2 Å². The molecule has 1 aromatic heterocycles. The topological polar surface area (TPSA) is 46.0 Å². The Morgan fingerprint density at radius 2 is 1.73 bits per heavy atom. The molecular weight excluding hydrogens is 319 g/mol. The highest BCUT2D eigenvalue weighted by atomic mass is 35.5. The Morgan fingerprint density at radius 3 is 2.41 bits per heavy atom. The third-order valence-electron chi connectivity index (χ3n) is 3.48. The molecule has 1 heterocycles. The van der Waals surface area contributed by atoms with Crippen molar-refractivity contribution in [2.75, 3.05) is 0 Å². The molecule has 22 heavy (non-hydrogen) atoms. The maximum absolute atomic E-state index is 10.7. The summed E-state index contributed by atoms with van der Waals surface area (Å²) in [6.07, 6.45) is 0. The van der Waals surface area contributed by atoms with E-state index in [-0.39, 0.29) is 10.4 Å². The average molecular weight is 333 g/mol. The first kappa shape index (κ1) is 15.2. The van der Waals surface area contributed by atoms with Crippen LogP contribution in [0.1, 0.15) is 19.4 Å². The molecule has 0 saturated carbocycles. The maximum atomic E-state index is 10.7. The van der Waals surface area contributed by atoms with Gasteiger partial charge in [-0.05, 0) is 36.2 Å². The highest BCUT2D eigenvalue weighted by Crippen LogP contribution is 2.37. The molecule has 0 aliphatic carbocycles. The van der Waals surface area contributed by atoms with Crippen LogP contribution in [0, 0.1) is 0 Å². The van der Waals surface area contributed by atoms with Crippen molar-refractivity contribution >= 4 is 34.0 Å². The third-order valence-corrected chi connectivity index (χ3v) is 3.85. The molecule has 3 rings (SSSR count). The standard InChI is InChI=1S/C17H14Cl2N2O/c1-17(2,22)15-11-6-4-3-5-10(11)7-8-12(15)13-9-14(18)21-16(19)20-13/h3-9,22H,1-2H3. The summed E-state index contributed by atoms with van der Waals surface area (Å²) in [7, 11) is 0. The Balaban J connectivity index is 2.39. The van der Waals surface area contributed by atoms with Crippen molar-refractivity contribution in [1.82, 2.24) is 9.97 Å². The summed E-state index contributed by atoms with van der Waals surface area (Å²) < 4.78 is 0. The van der Waals surface area contributed by atoms with E-state index < -0.39 is 5.60 Å².